The normalized spacial score (nSPS) is 10.5. The number of rotatable bonds is 4. The van der Waals surface area contributed by atoms with Crippen molar-refractivity contribution in [1.29, 1.82) is 0 Å². The van der Waals surface area contributed by atoms with Crippen molar-refractivity contribution >= 4 is 22.6 Å². The molecular weight excluding hydrogens is 330 g/mol. The molecule has 0 N–H and O–H groups in total. The van der Waals surface area contributed by atoms with Crippen LogP contribution in [0.2, 0.25) is 0 Å². The second-order valence-electron chi connectivity index (χ2n) is 4.93. The van der Waals surface area contributed by atoms with Gasteiger partial charge < -0.3 is 4.42 Å². The molecule has 3 aromatic rings. The van der Waals surface area contributed by atoms with Crippen LogP contribution in [0.1, 0.15) is 15.9 Å². The molecule has 0 fully saturated rings. The number of benzene rings is 2. The maximum absolute atomic E-state index is 12.2. The molecule has 0 aliphatic heterocycles. The van der Waals surface area contributed by atoms with Crippen molar-refractivity contribution < 1.29 is 14.1 Å². The van der Waals surface area contributed by atoms with Crippen LogP contribution in [0.3, 0.4) is 0 Å². The highest BCUT2D eigenvalue weighted by atomic mass is 32.2. The number of non-ortho nitro benzene ring substituents is 1. The Bertz CT molecular complexity index is 888. The number of nitrogens with zero attached hydrogens (tertiary/aromatic N) is 3. The maximum atomic E-state index is 12.2. The van der Waals surface area contributed by atoms with E-state index in [0.29, 0.717) is 11.5 Å². The molecule has 0 amide bonds. The zero-order valence-corrected chi connectivity index (χ0v) is 13.3. The van der Waals surface area contributed by atoms with Crippen LogP contribution in [0, 0.1) is 17.0 Å². The Balaban J connectivity index is 1.73. The van der Waals surface area contributed by atoms with E-state index in [-0.39, 0.29) is 16.0 Å². The number of nitro benzene ring substituents is 1. The van der Waals surface area contributed by atoms with Gasteiger partial charge in [-0.2, -0.15) is 0 Å². The van der Waals surface area contributed by atoms with E-state index in [9.17, 15) is 14.9 Å². The average molecular weight is 341 g/mol. The molecule has 8 heteroatoms. The first-order chi connectivity index (χ1) is 11.5. The molecule has 0 bridgehead atoms. The van der Waals surface area contributed by atoms with Gasteiger partial charge in [-0.05, 0) is 31.2 Å². The van der Waals surface area contributed by atoms with Gasteiger partial charge in [0.05, 0.1) is 4.92 Å². The van der Waals surface area contributed by atoms with Gasteiger partial charge in [-0.25, -0.2) is 0 Å². The third kappa shape index (κ3) is 3.49. The van der Waals surface area contributed by atoms with Gasteiger partial charge in [0.25, 0.3) is 10.9 Å². The van der Waals surface area contributed by atoms with Gasteiger partial charge in [-0.15, -0.1) is 10.2 Å². The Kier molecular flexibility index (Phi) is 4.39. The fraction of sp³-hybridized carbons (Fsp3) is 0.0625. The molecule has 0 spiro atoms. The SMILES string of the molecule is Cc1ccc(-c2nnc(SC(=O)c3ccc([N+](=O)[O-])cc3)o2)cc1. The lowest BCUT2D eigenvalue weighted by Crippen LogP contribution is -1.94. The number of carbonyl (C=O) groups excluding carboxylic acids is 1. The molecule has 0 atom stereocenters. The number of carbonyl (C=O) groups is 1. The topological polar surface area (TPSA) is 99.1 Å². The number of aromatic nitrogens is 2. The zero-order valence-electron chi connectivity index (χ0n) is 12.5. The lowest BCUT2D eigenvalue weighted by Gasteiger charge is -1.97. The first kappa shape index (κ1) is 15.9. The first-order valence-corrected chi connectivity index (χ1v) is 7.72. The summed E-state index contributed by atoms with van der Waals surface area (Å²) in [6.45, 7) is 1.97. The average Bonchev–Trinajstić information content (AvgIpc) is 3.04. The van der Waals surface area contributed by atoms with Crippen LogP contribution in [0.25, 0.3) is 11.5 Å². The van der Waals surface area contributed by atoms with Crippen molar-refractivity contribution in [2.24, 2.45) is 0 Å². The van der Waals surface area contributed by atoms with Crippen molar-refractivity contribution in [1.82, 2.24) is 10.2 Å². The standard InChI is InChI=1S/C16H11N3O4S/c1-10-2-4-11(5-3-10)14-17-18-16(23-14)24-15(20)12-6-8-13(9-7-12)19(21)22/h2-9H,1H3. The minimum absolute atomic E-state index is 0.0732. The monoisotopic (exact) mass is 341 g/mol. The van der Waals surface area contributed by atoms with Crippen molar-refractivity contribution in [2.45, 2.75) is 12.1 Å². The molecular formula is C16H11N3O4S. The van der Waals surface area contributed by atoms with Crippen LogP contribution in [-0.4, -0.2) is 20.2 Å². The van der Waals surface area contributed by atoms with Gasteiger partial charge >= 0.3 is 0 Å². The Morgan fingerprint density at radius 3 is 2.38 bits per heavy atom. The summed E-state index contributed by atoms with van der Waals surface area (Å²) in [5, 5.41) is 18.2. The van der Waals surface area contributed by atoms with Crippen molar-refractivity contribution in [3.8, 4) is 11.5 Å². The van der Waals surface area contributed by atoms with Gasteiger partial charge in [0, 0.05) is 35.0 Å². The molecule has 0 saturated heterocycles. The molecule has 2 aromatic carbocycles. The molecule has 1 heterocycles. The third-order valence-corrected chi connectivity index (χ3v) is 3.96. The molecule has 0 unspecified atom stereocenters. The van der Waals surface area contributed by atoms with E-state index in [2.05, 4.69) is 10.2 Å². The Morgan fingerprint density at radius 2 is 1.75 bits per heavy atom. The molecule has 120 valence electrons. The summed E-state index contributed by atoms with van der Waals surface area (Å²) in [6, 6.07) is 12.9. The van der Waals surface area contributed by atoms with E-state index in [1.54, 1.807) is 0 Å². The lowest BCUT2D eigenvalue weighted by atomic mass is 10.1. The zero-order chi connectivity index (χ0) is 17.1. The molecule has 1 aromatic heterocycles. The summed E-state index contributed by atoms with van der Waals surface area (Å²) in [5.41, 5.74) is 2.13. The van der Waals surface area contributed by atoms with E-state index in [0.717, 1.165) is 22.9 Å². The summed E-state index contributed by atoms with van der Waals surface area (Å²) < 4.78 is 5.48. The first-order valence-electron chi connectivity index (χ1n) is 6.90. The van der Waals surface area contributed by atoms with E-state index in [1.807, 2.05) is 31.2 Å². The smallest absolute Gasteiger partial charge is 0.284 e. The Labute approximate surface area is 140 Å². The number of thioether (sulfide) groups is 1. The number of aryl methyl sites for hydroxylation is 1. The highest BCUT2D eigenvalue weighted by Crippen LogP contribution is 2.26. The second kappa shape index (κ2) is 6.63. The van der Waals surface area contributed by atoms with E-state index >= 15 is 0 Å². The number of hydrogen-bond acceptors (Lipinski definition) is 7. The van der Waals surface area contributed by atoms with Crippen molar-refractivity contribution in [2.75, 3.05) is 0 Å². The van der Waals surface area contributed by atoms with Crippen LogP contribution >= 0.6 is 11.8 Å². The van der Waals surface area contributed by atoms with Gasteiger partial charge in [0.15, 0.2) is 0 Å². The maximum Gasteiger partial charge on any atom is 0.284 e. The highest BCUT2D eigenvalue weighted by Gasteiger charge is 2.16. The minimum Gasteiger partial charge on any atom is -0.411 e. The summed E-state index contributed by atoms with van der Waals surface area (Å²) in [7, 11) is 0. The van der Waals surface area contributed by atoms with E-state index < -0.39 is 4.92 Å². The summed E-state index contributed by atoms with van der Waals surface area (Å²) in [5.74, 6) is 0.328. The van der Waals surface area contributed by atoms with Crippen LogP contribution in [0.5, 0.6) is 0 Å². The fourth-order valence-electron chi connectivity index (χ4n) is 1.92. The lowest BCUT2D eigenvalue weighted by molar-refractivity contribution is -0.384. The molecule has 7 nitrogen and oxygen atoms in total. The van der Waals surface area contributed by atoms with Gasteiger partial charge in [0.2, 0.25) is 11.0 Å². The Morgan fingerprint density at radius 1 is 1.08 bits per heavy atom. The number of hydrogen-bond donors (Lipinski definition) is 0. The van der Waals surface area contributed by atoms with Crippen molar-refractivity contribution in [3.05, 3.63) is 69.8 Å². The van der Waals surface area contributed by atoms with Crippen LogP contribution in [0.15, 0.2) is 58.2 Å². The Hall–Kier alpha value is -3.00. The van der Waals surface area contributed by atoms with Crippen LogP contribution < -0.4 is 0 Å². The van der Waals surface area contributed by atoms with Gasteiger partial charge in [-0.3, -0.25) is 14.9 Å². The molecule has 0 aliphatic rings. The van der Waals surface area contributed by atoms with E-state index in [1.165, 1.54) is 24.3 Å². The molecule has 0 radical (unpaired) electrons. The molecule has 24 heavy (non-hydrogen) atoms. The molecule has 0 aliphatic carbocycles. The van der Waals surface area contributed by atoms with Crippen molar-refractivity contribution in [3.63, 3.8) is 0 Å². The third-order valence-electron chi connectivity index (χ3n) is 3.20. The predicted molar refractivity (Wildman–Crippen MR) is 87.8 cm³/mol. The largest absolute Gasteiger partial charge is 0.411 e. The second-order valence-corrected chi connectivity index (χ2v) is 5.86. The van der Waals surface area contributed by atoms with Gasteiger partial charge in [0.1, 0.15) is 0 Å². The van der Waals surface area contributed by atoms with Crippen LogP contribution in [-0.2, 0) is 0 Å². The fourth-order valence-corrected chi connectivity index (χ4v) is 2.54. The summed E-state index contributed by atoms with van der Waals surface area (Å²) >= 11 is 0.781. The van der Waals surface area contributed by atoms with Gasteiger partial charge in [-0.1, -0.05) is 17.7 Å². The van der Waals surface area contributed by atoms with Crippen LogP contribution in [0.4, 0.5) is 5.69 Å². The summed E-state index contributed by atoms with van der Waals surface area (Å²) in [4.78, 5) is 22.2. The molecule has 0 saturated carbocycles. The molecule has 3 rings (SSSR count). The highest BCUT2D eigenvalue weighted by molar-refractivity contribution is 8.14. The quantitative estimate of drug-likeness (QED) is 0.403. The number of nitro groups is 1. The predicted octanol–water partition coefficient (Wildman–Crippen LogP) is 3.89. The summed E-state index contributed by atoms with van der Waals surface area (Å²) in [6.07, 6.45) is 0. The minimum atomic E-state index is -0.521. The van der Waals surface area contributed by atoms with E-state index in [4.69, 9.17) is 4.42 Å².